The number of fused-ring (bicyclic) bond motifs is 3. The van der Waals surface area contributed by atoms with E-state index in [4.69, 9.17) is 9.47 Å². The van der Waals surface area contributed by atoms with Gasteiger partial charge in [0, 0.05) is 18.3 Å². The van der Waals surface area contributed by atoms with Crippen molar-refractivity contribution in [2.45, 2.75) is 0 Å². The van der Waals surface area contributed by atoms with Crippen molar-refractivity contribution in [1.82, 2.24) is 19.4 Å². The molecule has 0 aliphatic heterocycles. The largest absolute Gasteiger partial charge is 0.495 e. The van der Waals surface area contributed by atoms with Crippen LogP contribution in [0.25, 0.3) is 15.3 Å². The Hall–Kier alpha value is -3.20. The van der Waals surface area contributed by atoms with Crippen molar-refractivity contribution in [1.29, 1.82) is 0 Å². The highest BCUT2D eigenvalue weighted by molar-refractivity contribution is 7.23. The Bertz CT molecular complexity index is 1090. The van der Waals surface area contributed by atoms with Crippen molar-refractivity contribution in [3.05, 3.63) is 42.6 Å². The molecule has 0 radical (unpaired) electrons. The van der Waals surface area contributed by atoms with Gasteiger partial charge in [0.25, 0.3) is 5.91 Å². The molecular weight excluding hydrogens is 342 g/mol. The number of hydrogen-bond donors (Lipinski definition) is 1. The Morgan fingerprint density at radius 2 is 1.96 bits per heavy atom. The molecule has 4 rings (SSSR count). The molecule has 25 heavy (non-hydrogen) atoms. The van der Waals surface area contributed by atoms with Gasteiger partial charge >= 0.3 is 0 Å². The molecule has 1 amide bonds. The number of anilines is 1. The molecule has 8 nitrogen and oxygen atoms in total. The summed E-state index contributed by atoms with van der Waals surface area (Å²) in [7, 11) is 3.13. The quantitative estimate of drug-likeness (QED) is 0.605. The number of methoxy groups -OCH3 is 2. The van der Waals surface area contributed by atoms with E-state index in [0.29, 0.717) is 27.8 Å². The molecule has 4 aromatic rings. The second-order valence-corrected chi connectivity index (χ2v) is 6.10. The maximum atomic E-state index is 12.4. The summed E-state index contributed by atoms with van der Waals surface area (Å²) in [6.45, 7) is 0. The van der Waals surface area contributed by atoms with Crippen LogP contribution in [0.3, 0.4) is 0 Å². The smallest absolute Gasteiger partial charge is 0.275 e. The predicted octanol–water partition coefficient (Wildman–Crippen LogP) is 2.61. The summed E-state index contributed by atoms with van der Waals surface area (Å²) >= 11 is 1.40. The predicted molar refractivity (Wildman–Crippen MR) is 93.7 cm³/mol. The van der Waals surface area contributed by atoms with Gasteiger partial charge < -0.3 is 14.8 Å². The Kier molecular flexibility index (Phi) is 3.69. The van der Waals surface area contributed by atoms with Gasteiger partial charge in [-0.15, -0.1) is 0 Å². The third kappa shape index (κ3) is 2.74. The summed E-state index contributed by atoms with van der Waals surface area (Å²) in [5.74, 6) is 0.886. The molecule has 126 valence electrons. The van der Waals surface area contributed by atoms with Gasteiger partial charge in [-0.05, 0) is 0 Å². The highest BCUT2D eigenvalue weighted by Gasteiger charge is 2.16. The zero-order valence-corrected chi connectivity index (χ0v) is 14.2. The van der Waals surface area contributed by atoms with E-state index in [0.717, 1.165) is 10.3 Å². The number of imidazole rings is 1. The van der Waals surface area contributed by atoms with Crippen LogP contribution in [-0.2, 0) is 0 Å². The van der Waals surface area contributed by atoms with Gasteiger partial charge in [-0.1, -0.05) is 11.3 Å². The molecule has 4 aromatic heterocycles. The molecule has 0 atom stereocenters. The summed E-state index contributed by atoms with van der Waals surface area (Å²) in [4.78, 5) is 26.7. The molecule has 0 aliphatic carbocycles. The number of amides is 1. The van der Waals surface area contributed by atoms with E-state index in [2.05, 4.69) is 20.3 Å². The van der Waals surface area contributed by atoms with E-state index in [1.54, 1.807) is 45.1 Å². The van der Waals surface area contributed by atoms with Gasteiger partial charge in [0.1, 0.15) is 22.0 Å². The number of aromatic nitrogens is 4. The maximum absolute atomic E-state index is 12.4. The molecule has 4 heterocycles. The lowest BCUT2D eigenvalue weighted by Crippen LogP contribution is -2.12. The molecular formula is C16H13N5O3S. The SMILES string of the molecule is COc1cncc(NC(=O)c2cn3c(n2)sc2ncc(OC)cc23)c1. The van der Waals surface area contributed by atoms with Crippen molar-refractivity contribution < 1.29 is 14.3 Å². The van der Waals surface area contributed by atoms with Crippen LogP contribution in [0, 0.1) is 0 Å². The summed E-state index contributed by atoms with van der Waals surface area (Å²) < 4.78 is 12.1. The zero-order chi connectivity index (χ0) is 17.4. The lowest BCUT2D eigenvalue weighted by atomic mass is 10.3. The molecule has 0 bridgehead atoms. The number of hydrogen-bond acceptors (Lipinski definition) is 7. The van der Waals surface area contributed by atoms with Crippen LogP contribution in [0.4, 0.5) is 5.69 Å². The Morgan fingerprint density at radius 3 is 2.76 bits per heavy atom. The minimum Gasteiger partial charge on any atom is -0.495 e. The van der Waals surface area contributed by atoms with Gasteiger partial charge in [-0.25, -0.2) is 9.97 Å². The molecule has 9 heteroatoms. The van der Waals surface area contributed by atoms with E-state index in [-0.39, 0.29) is 5.91 Å². The number of nitrogens with one attached hydrogen (secondary N) is 1. The molecule has 0 aromatic carbocycles. The normalized spacial score (nSPS) is 11.0. The first kappa shape index (κ1) is 15.3. The van der Waals surface area contributed by atoms with Crippen LogP contribution in [-0.4, -0.2) is 39.5 Å². The molecule has 0 fully saturated rings. The van der Waals surface area contributed by atoms with Crippen LogP contribution < -0.4 is 14.8 Å². The lowest BCUT2D eigenvalue weighted by Gasteiger charge is -2.04. The standard InChI is InChI=1S/C16H13N5O3S/c1-23-10-3-9(5-17-6-10)19-14(22)12-8-21-13-4-11(24-2)7-18-15(13)25-16(21)20-12/h3-8H,1-2H3,(H,19,22). The zero-order valence-electron chi connectivity index (χ0n) is 13.4. The first-order valence-electron chi connectivity index (χ1n) is 7.30. The fourth-order valence-corrected chi connectivity index (χ4v) is 3.32. The van der Waals surface area contributed by atoms with Crippen molar-refractivity contribution in [2.75, 3.05) is 19.5 Å². The van der Waals surface area contributed by atoms with E-state index in [1.807, 2.05) is 10.5 Å². The van der Waals surface area contributed by atoms with Crippen LogP contribution in [0.2, 0.25) is 0 Å². The lowest BCUT2D eigenvalue weighted by molar-refractivity contribution is 0.102. The van der Waals surface area contributed by atoms with Crippen LogP contribution in [0.1, 0.15) is 10.5 Å². The summed E-state index contributed by atoms with van der Waals surface area (Å²) in [6, 6.07) is 3.55. The topological polar surface area (TPSA) is 90.6 Å². The van der Waals surface area contributed by atoms with Crippen molar-refractivity contribution in [2.24, 2.45) is 0 Å². The van der Waals surface area contributed by atoms with E-state index in [9.17, 15) is 4.79 Å². The number of nitrogens with zero attached hydrogens (tertiary/aromatic N) is 4. The number of ether oxygens (including phenoxy) is 2. The van der Waals surface area contributed by atoms with Gasteiger partial charge in [0.2, 0.25) is 0 Å². The highest BCUT2D eigenvalue weighted by atomic mass is 32.1. The van der Waals surface area contributed by atoms with E-state index in [1.165, 1.54) is 11.3 Å². The van der Waals surface area contributed by atoms with Gasteiger partial charge in [-0.3, -0.25) is 14.2 Å². The average molecular weight is 355 g/mol. The fourth-order valence-electron chi connectivity index (χ4n) is 2.38. The third-order valence-corrected chi connectivity index (χ3v) is 4.58. The number of rotatable bonds is 4. The summed E-state index contributed by atoms with van der Waals surface area (Å²) in [5.41, 5.74) is 1.68. The Morgan fingerprint density at radius 1 is 1.16 bits per heavy atom. The Labute approximate surface area is 146 Å². The number of thiazole rings is 1. The average Bonchev–Trinajstić information content (AvgIpc) is 3.19. The van der Waals surface area contributed by atoms with Gasteiger partial charge in [-0.2, -0.15) is 0 Å². The molecule has 0 unspecified atom stereocenters. The summed E-state index contributed by atoms with van der Waals surface area (Å²) in [5, 5.41) is 2.76. The van der Waals surface area contributed by atoms with Crippen LogP contribution >= 0.6 is 11.3 Å². The second-order valence-electron chi connectivity index (χ2n) is 5.15. The summed E-state index contributed by atoms with van der Waals surface area (Å²) in [6.07, 6.45) is 6.44. The van der Waals surface area contributed by atoms with Gasteiger partial charge in [0.05, 0.1) is 44.0 Å². The minimum absolute atomic E-state index is 0.304. The van der Waals surface area contributed by atoms with E-state index >= 15 is 0 Å². The number of carbonyl (C=O) groups is 1. The fraction of sp³-hybridized carbons (Fsp3) is 0.125. The van der Waals surface area contributed by atoms with Crippen molar-refractivity contribution in [3.63, 3.8) is 0 Å². The number of carbonyl (C=O) groups excluding carboxylic acids is 1. The monoisotopic (exact) mass is 355 g/mol. The molecule has 0 aliphatic rings. The van der Waals surface area contributed by atoms with Crippen LogP contribution in [0.5, 0.6) is 11.5 Å². The molecule has 1 N–H and O–H groups in total. The minimum atomic E-state index is -0.324. The van der Waals surface area contributed by atoms with Crippen molar-refractivity contribution in [3.8, 4) is 11.5 Å². The van der Waals surface area contributed by atoms with Crippen LogP contribution in [0.15, 0.2) is 36.9 Å². The molecule has 0 spiro atoms. The highest BCUT2D eigenvalue weighted by Crippen LogP contribution is 2.27. The van der Waals surface area contributed by atoms with E-state index < -0.39 is 0 Å². The third-order valence-electron chi connectivity index (χ3n) is 3.60. The second kappa shape index (κ2) is 6.02. The first-order chi connectivity index (χ1) is 12.2. The van der Waals surface area contributed by atoms with Crippen molar-refractivity contribution >= 4 is 38.2 Å². The first-order valence-corrected chi connectivity index (χ1v) is 8.11. The molecule has 0 saturated heterocycles. The maximum Gasteiger partial charge on any atom is 0.275 e. The number of pyridine rings is 2. The molecule has 0 saturated carbocycles. The Balaban J connectivity index is 1.67. The van der Waals surface area contributed by atoms with Gasteiger partial charge in [0.15, 0.2) is 4.96 Å².